The molecule has 0 spiro atoms. The number of carbonyl (C=O) groups is 1. The lowest BCUT2D eigenvalue weighted by molar-refractivity contribution is 0.0947. The van der Waals surface area contributed by atoms with Crippen LogP contribution in [0.15, 0.2) is 75.3 Å². The lowest BCUT2D eigenvalue weighted by Crippen LogP contribution is -2.23. The SMILES string of the molecule is O=C(NCc1ccc[nH]1)c1ccccc1Sc1ccc(Br)cn1. The first kappa shape index (κ1) is 15.8. The van der Waals surface area contributed by atoms with Crippen LogP contribution in [0.3, 0.4) is 0 Å². The minimum atomic E-state index is -0.0974. The molecule has 0 radical (unpaired) electrons. The summed E-state index contributed by atoms with van der Waals surface area (Å²) < 4.78 is 0.929. The van der Waals surface area contributed by atoms with Crippen LogP contribution in [0.4, 0.5) is 0 Å². The van der Waals surface area contributed by atoms with E-state index in [-0.39, 0.29) is 5.91 Å². The van der Waals surface area contributed by atoms with E-state index in [1.54, 1.807) is 6.20 Å². The number of halogens is 1. The number of nitrogens with one attached hydrogen (secondary N) is 2. The fourth-order valence-corrected chi connectivity index (χ4v) is 3.15. The van der Waals surface area contributed by atoms with Crippen LogP contribution in [-0.4, -0.2) is 15.9 Å². The third-order valence-electron chi connectivity index (χ3n) is 3.15. The van der Waals surface area contributed by atoms with Gasteiger partial charge < -0.3 is 10.3 Å². The van der Waals surface area contributed by atoms with E-state index in [1.165, 1.54) is 11.8 Å². The van der Waals surface area contributed by atoms with Crippen LogP contribution in [0.2, 0.25) is 0 Å². The Kier molecular flexibility index (Phi) is 5.15. The largest absolute Gasteiger partial charge is 0.364 e. The quantitative estimate of drug-likeness (QED) is 0.687. The van der Waals surface area contributed by atoms with Crippen molar-refractivity contribution in [3.63, 3.8) is 0 Å². The van der Waals surface area contributed by atoms with Crippen molar-refractivity contribution in [1.29, 1.82) is 0 Å². The molecule has 0 unspecified atom stereocenters. The van der Waals surface area contributed by atoms with Crippen LogP contribution in [0.5, 0.6) is 0 Å². The van der Waals surface area contributed by atoms with Crippen molar-refractivity contribution < 1.29 is 4.79 Å². The molecule has 1 amide bonds. The van der Waals surface area contributed by atoms with Gasteiger partial charge in [-0.3, -0.25) is 4.79 Å². The molecule has 0 atom stereocenters. The number of aromatic nitrogens is 2. The van der Waals surface area contributed by atoms with Gasteiger partial charge in [-0.2, -0.15) is 0 Å². The highest BCUT2D eigenvalue weighted by Gasteiger charge is 2.12. The fourth-order valence-electron chi connectivity index (χ4n) is 2.03. The molecule has 0 saturated carbocycles. The van der Waals surface area contributed by atoms with E-state index in [0.717, 1.165) is 20.1 Å². The Morgan fingerprint density at radius 2 is 2.04 bits per heavy atom. The molecular formula is C17H14BrN3OS. The van der Waals surface area contributed by atoms with Crippen LogP contribution in [0.1, 0.15) is 16.1 Å². The van der Waals surface area contributed by atoms with E-state index >= 15 is 0 Å². The third kappa shape index (κ3) is 4.24. The molecule has 4 nitrogen and oxygen atoms in total. The molecule has 2 N–H and O–H groups in total. The van der Waals surface area contributed by atoms with E-state index < -0.39 is 0 Å². The Morgan fingerprint density at radius 3 is 2.78 bits per heavy atom. The first-order valence-corrected chi connectivity index (χ1v) is 8.62. The smallest absolute Gasteiger partial charge is 0.252 e. The Balaban J connectivity index is 1.74. The zero-order valence-electron chi connectivity index (χ0n) is 12.1. The maximum atomic E-state index is 12.4. The van der Waals surface area contributed by atoms with E-state index in [9.17, 15) is 4.79 Å². The van der Waals surface area contributed by atoms with Crippen molar-refractivity contribution in [3.05, 3.63) is 76.7 Å². The van der Waals surface area contributed by atoms with Crippen LogP contribution >= 0.6 is 27.7 Å². The number of amides is 1. The van der Waals surface area contributed by atoms with Gasteiger partial charge in [-0.25, -0.2) is 4.98 Å². The zero-order valence-corrected chi connectivity index (χ0v) is 14.5. The number of rotatable bonds is 5. The highest BCUT2D eigenvalue weighted by molar-refractivity contribution is 9.10. The van der Waals surface area contributed by atoms with Gasteiger partial charge in [-0.05, 0) is 52.3 Å². The number of hydrogen-bond acceptors (Lipinski definition) is 3. The number of carbonyl (C=O) groups excluding carboxylic acids is 1. The van der Waals surface area contributed by atoms with E-state index in [1.807, 2.05) is 54.7 Å². The van der Waals surface area contributed by atoms with Gasteiger partial charge in [-0.15, -0.1) is 0 Å². The molecule has 2 heterocycles. The molecule has 0 aliphatic rings. The van der Waals surface area contributed by atoms with Gasteiger partial charge in [0.2, 0.25) is 0 Å². The van der Waals surface area contributed by atoms with Crippen molar-refractivity contribution >= 4 is 33.6 Å². The maximum absolute atomic E-state index is 12.4. The summed E-state index contributed by atoms with van der Waals surface area (Å²) in [6, 6.07) is 15.2. The molecule has 0 bridgehead atoms. The van der Waals surface area contributed by atoms with Gasteiger partial charge in [0.05, 0.1) is 12.1 Å². The van der Waals surface area contributed by atoms with Gasteiger partial charge in [0, 0.05) is 27.5 Å². The van der Waals surface area contributed by atoms with Crippen molar-refractivity contribution in [2.75, 3.05) is 0 Å². The predicted molar refractivity (Wildman–Crippen MR) is 94.5 cm³/mol. The van der Waals surface area contributed by atoms with Gasteiger partial charge in [-0.1, -0.05) is 23.9 Å². The van der Waals surface area contributed by atoms with E-state index in [2.05, 4.69) is 31.2 Å². The first-order valence-electron chi connectivity index (χ1n) is 7.01. The number of H-pyrrole nitrogens is 1. The molecular weight excluding hydrogens is 374 g/mol. The molecule has 0 saturated heterocycles. The highest BCUT2D eigenvalue weighted by Crippen LogP contribution is 2.29. The van der Waals surface area contributed by atoms with E-state index in [0.29, 0.717) is 12.1 Å². The second-order valence-corrected chi connectivity index (χ2v) is 6.77. The predicted octanol–water partition coefficient (Wildman–Crippen LogP) is 4.25. The Hall–Kier alpha value is -2.05. The van der Waals surface area contributed by atoms with Crippen molar-refractivity contribution in [3.8, 4) is 0 Å². The molecule has 23 heavy (non-hydrogen) atoms. The second-order valence-electron chi connectivity index (χ2n) is 4.79. The maximum Gasteiger partial charge on any atom is 0.252 e. The van der Waals surface area contributed by atoms with E-state index in [4.69, 9.17) is 0 Å². The number of pyridine rings is 1. The highest BCUT2D eigenvalue weighted by atomic mass is 79.9. The fraction of sp³-hybridized carbons (Fsp3) is 0.0588. The summed E-state index contributed by atoms with van der Waals surface area (Å²) in [5.41, 5.74) is 1.62. The number of nitrogens with zero attached hydrogens (tertiary/aromatic N) is 1. The second kappa shape index (κ2) is 7.48. The monoisotopic (exact) mass is 387 g/mol. The molecule has 6 heteroatoms. The Bertz CT molecular complexity index is 788. The van der Waals surface area contributed by atoms with Crippen molar-refractivity contribution in [1.82, 2.24) is 15.3 Å². The Labute approximate surface area is 146 Å². The summed E-state index contributed by atoms with van der Waals surface area (Å²) in [7, 11) is 0. The minimum Gasteiger partial charge on any atom is -0.364 e. The van der Waals surface area contributed by atoms with Crippen LogP contribution in [-0.2, 0) is 6.54 Å². The van der Waals surface area contributed by atoms with Crippen molar-refractivity contribution in [2.45, 2.75) is 16.5 Å². The minimum absolute atomic E-state index is 0.0974. The number of aromatic amines is 1. The van der Waals surface area contributed by atoms with Crippen LogP contribution < -0.4 is 5.32 Å². The summed E-state index contributed by atoms with van der Waals surface area (Å²) in [5.74, 6) is -0.0974. The Morgan fingerprint density at radius 1 is 1.17 bits per heavy atom. The normalized spacial score (nSPS) is 10.5. The number of hydrogen-bond donors (Lipinski definition) is 2. The van der Waals surface area contributed by atoms with Crippen LogP contribution in [0.25, 0.3) is 0 Å². The van der Waals surface area contributed by atoms with Crippen molar-refractivity contribution in [2.24, 2.45) is 0 Å². The van der Waals surface area contributed by atoms with Gasteiger partial charge in [0.25, 0.3) is 5.91 Å². The van der Waals surface area contributed by atoms with Gasteiger partial charge in [0.15, 0.2) is 0 Å². The average Bonchev–Trinajstić information content (AvgIpc) is 3.09. The summed E-state index contributed by atoms with van der Waals surface area (Å²) in [4.78, 5) is 20.7. The average molecular weight is 388 g/mol. The summed E-state index contributed by atoms with van der Waals surface area (Å²) >= 11 is 4.84. The van der Waals surface area contributed by atoms with Gasteiger partial charge >= 0.3 is 0 Å². The van der Waals surface area contributed by atoms with Gasteiger partial charge in [0.1, 0.15) is 5.03 Å². The molecule has 2 aromatic heterocycles. The summed E-state index contributed by atoms with van der Waals surface area (Å²) in [6.45, 7) is 0.474. The molecule has 1 aromatic carbocycles. The van der Waals surface area contributed by atoms with Crippen LogP contribution in [0, 0.1) is 0 Å². The topological polar surface area (TPSA) is 57.8 Å². The summed E-state index contributed by atoms with van der Waals surface area (Å²) in [5, 5.41) is 3.77. The lowest BCUT2D eigenvalue weighted by atomic mass is 10.2. The lowest BCUT2D eigenvalue weighted by Gasteiger charge is -2.09. The molecule has 0 aliphatic heterocycles. The third-order valence-corrected chi connectivity index (χ3v) is 4.64. The zero-order chi connectivity index (χ0) is 16.1. The summed E-state index contributed by atoms with van der Waals surface area (Å²) in [6.07, 6.45) is 3.58. The molecule has 116 valence electrons. The first-order chi connectivity index (χ1) is 11.2. The molecule has 3 aromatic rings. The molecule has 0 fully saturated rings. The molecule has 3 rings (SSSR count). The molecule has 0 aliphatic carbocycles. The standard InChI is InChI=1S/C17H14BrN3OS/c18-12-7-8-16(20-10-12)23-15-6-2-1-5-14(15)17(22)21-11-13-4-3-9-19-13/h1-10,19H,11H2,(H,21,22). The number of benzene rings is 1.